The quantitative estimate of drug-likeness (QED) is 0.449. The third-order valence-electron chi connectivity index (χ3n) is 4.62. The Labute approximate surface area is 177 Å². The second-order valence-electron chi connectivity index (χ2n) is 6.61. The predicted octanol–water partition coefficient (Wildman–Crippen LogP) is 5.14. The van der Waals surface area contributed by atoms with E-state index in [1.54, 1.807) is 6.07 Å². The van der Waals surface area contributed by atoms with Gasteiger partial charge in [-0.25, -0.2) is 9.37 Å². The lowest BCUT2D eigenvalue weighted by Gasteiger charge is -2.12. The van der Waals surface area contributed by atoms with Crippen molar-refractivity contribution in [3.05, 3.63) is 82.4 Å². The van der Waals surface area contributed by atoms with E-state index < -0.39 is 11.7 Å². The third-order valence-corrected chi connectivity index (χ3v) is 4.93. The number of fused-ring (bicyclic) bond motifs is 1. The number of carbonyl (C=O) groups excluding carboxylic acids is 1. The first kappa shape index (κ1) is 19.8. The molecule has 6 nitrogen and oxygen atoms in total. The van der Waals surface area contributed by atoms with E-state index >= 15 is 4.39 Å². The van der Waals surface area contributed by atoms with Gasteiger partial charge in [0.1, 0.15) is 6.61 Å². The van der Waals surface area contributed by atoms with Gasteiger partial charge in [-0.3, -0.25) is 9.89 Å². The molecule has 0 aliphatic carbocycles. The number of nitrogens with one attached hydrogen (secondary N) is 2. The molecule has 0 aliphatic heterocycles. The van der Waals surface area contributed by atoms with Crippen LogP contribution in [0, 0.1) is 5.82 Å². The molecule has 0 unspecified atom stereocenters. The SMILES string of the molecule is CCc1[nH]nc2ncc(NC(=O)c3c(Cl)ccc(OCc4ccccc4)c3F)cc12. The number of carbonyl (C=O) groups is 1. The van der Waals surface area contributed by atoms with Crippen LogP contribution in [-0.2, 0) is 13.0 Å². The Morgan fingerprint density at radius 2 is 2.03 bits per heavy atom. The Kier molecular flexibility index (Phi) is 5.63. The smallest absolute Gasteiger partial charge is 0.260 e. The summed E-state index contributed by atoms with van der Waals surface area (Å²) in [5.41, 5.74) is 2.45. The molecule has 152 valence electrons. The van der Waals surface area contributed by atoms with Crippen LogP contribution < -0.4 is 10.1 Å². The van der Waals surface area contributed by atoms with E-state index in [4.69, 9.17) is 16.3 Å². The van der Waals surface area contributed by atoms with Crippen LogP contribution in [0.3, 0.4) is 0 Å². The summed E-state index contributed by atoms with van der Waals surface area (Å²) in [6.07, 6.45) is 2.19. The van der Waals surface area contributed by atoms with Crippen LogP contribution in [0.4, 0.5) is 10.1 Å². The normalized spacial score (nSPS) is 10.9. The van der Waals surface area contributed by atoms with Crippen molar-refractivity contribution in [3.63, 3.8) is 0 Å². The first-order valence-corrected chi connectivity index (χ1v) is 9.73. The molecular weight excluding hydrogens is 407 g/mol. The number of rotatable bonds is 6. The second-order valence-corrected chi connectivity index (χ2v) is 7.02. The summed E-state index contributed by atoms with van der Waals surface area (Å²) in [6, 6.07) is 13.9. The van der Waals surface area contributed by atoms with Gasteiger partial charge in [-0.05, 0) is 30.2 Å². The molecule has 0 saturated carbocycles. The van der Waals surface area contributed by atoms with E-state index in [-0.39, 0.29) is 22.9 Å². The van der Waals surface area contributed by atoms with Crippen LogP contribution in [-0.4, -0.2) is 21.1 Å². The Hall–Kier alpha value is -3.45. The van der Waals surface area contributed by atoms with Crippen molar-refractivity contribution in [3.8, 4) is 5.75 Å². The molecule has 0 aliphatic rings. The molecule has 30 heavy (non-hydrogen) atoms. The molecule has 0 saturated heterocycles. The van der Waals surface area contributed by atoms with Crippen molar-refractivity contribution in [2.24, 2.45) is 0 Å². The van der Waals surface area contributed by atoms with Crippen LogP contribution in [0.2, 0.25) is 5.02 Å². The van der Waals surface area contributed by atoms with Gasteiger partial charge in [-0.2, -0.15) is 5.10 Å². The van der Waals surface area contributed by atoms with Crippen molar-refractivity contribution in [2.45, 2.75) is 20.0 Å². The molecule has 8 heteroatoms. The molecule has 2 aromatic heterocycles. The molecule has 2 N–H and O–H groups in total. The van der Waals surface area contributed by atoms with Gasteiger partial charge >= 0.3 is 0 Å². The van der Waals surface area contributed by atoms with Gasteiger partial charge < -0.3 is 10.1 Å². The fraction of sp³-hybridized carbons (Fsp3) is 0.136. The third kappa shape index (κ3) is 3.97. The van der Waals surface area contributed by atoms with Gasteiger partial charge in [0, 0.05) is 11.1 Å². The van der Waals surface area contributed by atoms with Gasteiger partial charge in [0.25, 0.3) is 5.91 Å². The topological polar surface area (TPSA) is 79.9 Å². The van der Waals surface area contributed by atoms with Crippen LogP contribution >= 0.6 is 11.6 Å². The number of nitrogens with zero attached hydrogens (tertiary/aromatic N) is 2. The zero-order valence-corrected chi connectivity index (χ0v) is 16.8. The molecular formula is C22H18ClFN4O2. The molecule has 2 aromatic carbocycles. The molecule has 4 rings (SSSR count). The number of benzene rings is 2. The lowest BCUT2D eigenvalue weighted by molar-refractivity contribution is 0.102. The van der Waals surface area contributed by atoms with Crippen LogP contribution in [0.25, 0.3) is 11.0 Å². The van der Waals surface area contributed by atoms with Gasteiger partial charge in [0.2, 0.25) is 0 Å². The van der Waals surface area contributed by atoms with Gasteiger partial charge in [-0.1, -0.05) is 48.9 Å². The number of aromatic amines is 1. The maximum absolute atomic E-state index is 15.0. The van der Waals surface area contributed by atoms with Gasteiger partial charge in [-0.15, -0.1) is 0 Å². The van der Waals surface area contributed by atoms with Crippen molar-refractivity contribution < 1.29 is 13.9 Å². The standard InChI is InChI=1S/C22H18ClFN4O2/c1-2-17-15-10-14(11-25-21(15)28-27-17)26-22(29)19-16(23)8-9-18(20(19)24)30-12-13-6-4-3-5-7-13/h3-11H,2,12H2,1H3,(H,26,29)(H,25,27,28). The molecule has 0 bridgehead atoms. The molecule has 2 heterocycles. The zero-order chi connectivity index (χ0) is 21.1. The Morgan fingerprint density at radius 1 is 1.23 bits per heavy atom. The van der Waals surface area contributed by atoms with E-state index in [2.05, 4.69) is 20.5 Å². The molecule has 0 spiro atoms. The van der Waals surface area contributed by atoms with Crippen LogP contribution in [0.5, 0.6) is 5.75 Å². The number of aryl methyl sites for hydroxylation is 1. The number of amides is 1. The van der Waals surface area contributed by atoms with E-state index in [0.29, 0.717) is 11.3 Å². The van der Waals surface area contributed by atoms with Gasteiger partial charge in [0.05, 0.1) is 22.5 Å². The van der Waals surface area contributed by atoms with Crippen molar-refractivity contribution in [2.75, 3.05) is 5.32 Å². The van der Waals surface area contributed by atoms with E-state index in [1.807, 2.05) is 37.3 Å². The number of hydrogen-bond donors (Lipinski definition) is 2. The average Bonchev–Trinajstić information content (AvgIpc) is 3.16. The summed E-state index contributed by atoms with van der Waals surface area (Å²) in [5, 5.41) is 10.4. The minimum atomic E-state index is -0.817. The maximum atomic E-state index is 15.0. The second kappa shape index (κ2) is 8.51. The van der Waals surface area contributed by atoms with E-state index in [0.717, 1.165) is 23.1 Å². The Bertz CT molecular complexity index is 1210. The fourth-order valence-electron chi connectivity index (χ4n) is 3.07. The molecule has 4 aromatic rings. The minimum Gasteiger partial charge on any atom is -0.486 e. The largest absolute Gasteiger partial charge is 0.486 e. The summed E-state index contributed by atoms with van der Waals surface area (Å²) in [4.78, 5) is 17.0. The van der Waals surface area contributed by atoms with Crippen molar-refractivity contribution in [1.82, 2.24) is 15.2 Å². The number of halogens is 2. The van der Waals surface area contributed by atoms with Crippen LogP contribution in [0.15, 0.2) is 54.7 Å². The summed E-state index contributed by atoms with van der Waals surface area (Å²) in [6.45, 7) is 2.15. The first-order chi connectivity index (χ1) is 14.6. The highest BCUT2D eigenvalue weighted by Crippen LogP contribution is 2.29. The lowest BCUT2D eigenvalue weighted by Crippen LogP contribution is -2.15. The summed E-state index contributed by atoms with van der Waals surface area (Å²) >= 11 is 6.12. The summed E-state index contributed by atoms with van der Waals surface area (Å²) < 4.78 is 20.6. The number of ether oxygens (including phenoxy) is 1. The Morgan fingerprint density at radius 3 is 2.80 bits per heavy atom. The summed E-state index contributed by atoms with van der Waals surface area (Å²) in [7, 11) is 0. The van der Waals surface area contributed by atoms with E-state index in [9.17, 15) is 4.79 Å². The zero-order valence-electron chi connectivity index (χ0n) is 16.1. The lowest BCUT2D eigenvalue weighted by atomic mass is 10.1. The highest BCUT2D eigenvalue weighted by molar-refractivity contribution is 6.34. The molecule has 1 amide bonds. The van der Waals surface area contributed by atoms with Crippen molar-refractivity contribution in [1.29, 1.82) is 0 Å². The fourth-order valence-corrected chi connectivity index (χ4v) is 3.30. The minimum absolute atomic E-state index is 0.0105. The predicted molar refractivity (Wildman–Crippen MR) is 113 cm³/mol. The van der Waals surface area contributed by atoms with E-state index in [1.165, 1.54) is 18.3 Å². The number of pyridine rings is 1. The molecule has 0 radical (unpaired) electrons. The Balaban J connectivity index is 1.57. The highest BCUT2D eigenvalue weighted by Gasteiger charge is 2.21. The summed E-state index contributed by atoms with van der Waals surface area (Å²) in [5.74, 6) is -1.56. The molecule has 0 atom stereocenters. The van der Waals surface area contributed by atoms with Gasteiger partial charge in [0.15, 0.2) is 17.2 Å². The first-order valence-electron chi connectivity index (χ1n) is 9.36. The molecule has 0 fully saturated rings. The van der Waals surface area contributed by atoms with Crippen molar-refractivity contribution >= 4 is 34.2 Å². The number of anilines is 1. The number of H-pyrrole nitrogens is 1. The average molecular weight is 425 g/mol. The maximum Gasteiger partial charge on any atom is 0.260 e. The van der Waals surface area contributed by atoms with Crippen LogP contribution in [0.1, 0.15) is 28.5 Å². The number of hydrogen-bond acceptors (Lipinski definition) is 4. The highest BCUT2D eigenvalue weighted by atomic mass is 35.5. The number of aromatic nitrogens is 3. The monoisotopic (exact) mass is 424 g/mol.